The molecular weight excluding hydrogens is 246 g/mol. The van der Waals surface area contributed by atoms with Crippen LogP contribution in [0.25, 0.3) is 0 Å². The van der Waals surface area contributed by atoms with Gasteiger partial charge in [-0.3, -0.25) is 0 Å². The van der Waals surface area contributed by atoms with E-state index in [1.807, 2.05) is 0 Å². The maximum atomic E-state index is 6.09. The van der Waals surface area contributed by atoms with Crippen molar-refractivity contribution in [2.45, 2.75) is 32.3 Å². The Morgan fingerprint density at radius 3 is 2.65 bits per heavy atom. The van der Waals surface area contributed by atoms with E-state index >= 15 is 0 Å². The van der Waals surface area contributed by atoms with Crippen molar-refractivity contribution in [2.75, 3.05) is 11.9 Å². The summed E-state index contributed by atoms with van der Waals surface area (Å²) in [6.45, 7) is 5.23. The van der Waals surface area contributed by atoms with Crippen LogP contribution in [-0.2, 0) is 6.42 Å². The van der Waals surface area contributed by atoms with Crippen molar-refractivity contribution >= 4 is 5.69 Å². The summed E-state index contributed by atoms with van der Waals surface area (Å²) in [6, 6.07) is 17.0. The van der Waals surface area contributed by atoms with E-state index in [0.29, 0.717) is 0 Å². The molecule has 0 saturated carbocycles. The number of fused-ring (bicyclic) bond motifs is 1. The summed E-state index contributed by atoms with van der Waals surface area (Å²) in [5, 5.41) is 3.48. The highest BCUT2D eigenvalue weighted by atomic mass is 16.5. The normalized spacial score (nSPS) is 16.5. The lowest BCUT2D eigenvalue weighted by Crippen LogP contribution is -2.28. The summed E-state index contributed by atoms with van der Waals surface area (Å²) < 4.78 is 6.09. The first-order chi connectivity index (χ1) is 9.62. The summed E-state index contributed by atoms with van der Waals surface area (Å²) in [5.41, 5.74) is 3.66. The Labute approximate surface area is 120 Å². The average molecular weight is 267 g/mol. The van der Waals surface area contributed by atoms with Gasteiger partial charge in [-0.25, -0.2) is 0 Å². The van der Waals surface area contributed by atoms with Crippen molar-refractivity contribution in [3.05, 3.63) is 59.7 Å². The average Bonchev–Trinajstić information content (AvgIpc) is 2.57. The van der Waals surface area contributed by atoms with Crippen molar-refractivity contribution in [2.24, 2.45) is 0 Å². The third-order valence-electron chi connectivity index (χ3n) is 3.72. The van der Waals surface area contributed by atoms with Crippen LogP contribution in [0.4, 0.5) is 5.69 Å². The second-order valence-corrected chi connectivity index (χ2v) is 6.03. The van der Waals surface area contributed by atoms with Gasteiger partial charge >= 0.3 is 0 Å². The molecule has 0 radical (unpaired) electrons. The number of ether oxygens (including phenoxy) is 1. The van der Waals surface area contributed by atoms with Gasteiger partial charge < -0.3 is 10.1 Å². The molecule has 0 aromatic heterocycles. The molecule has 1 aliphatic heterocycles. The van der Waals surface area contributed by atoms with E-state index in [0.717, 1.165) is 30.8 Å². The first-order valence-corrected chi connectivity index (χ1v) is 7.22. The number of nitrogens with one attached hydrogen (secondary N) is 1. The Hall–Kier alpha value is -1.96. The molecule has 3 rings (SSSR count). The van der Waals surface area contributed by atoms with Crippen LogP contribution in [0.1, 0.15) is 31.4 Å². The highest BCUT2D eigenvalue weighted by Gasteiger charge is 2.24. The molecule has 2 aromatic carbocycles. The van der Waals surface area contributed by atoms with E-state index in [2.05, 4.69) is 67.7 Å². The molecule has 2 aromatic rings. The van der Waals surface area contributed by atoms with Crippen LogP contribution in [0.3, 0.4) is 0 Å². The van der Waals surface area contributed by atoms with Gasteiger partial charge in [-0.2, -0.15) is 0 Å². The molecule has 0 unspecified atom stereocenters. The zero-order valence-corrected chi connectivity index (χ0v) is 12.1. The molecule has 0 saturated heterocycles. The SMILES string of the molecule is CC1(C)CCNc2cc(Cc3ccccc3)ccc2O1. The minimum absolute atomic E-state index is 0.0980. The Kier molecular flexibility index (Phi) is 3.39. The van der Waals surface area contributed by atoms with Crippen molar-refractivity contribution in [1.82, 2.24) is 0 Å². The van der Waals surface area contributed by atoms with Crippen LogP contribution in [0.5, 0.6) is 5.75 Å². The van der Waals surface area contributed by atoms with E-state index in [9.17, 15) is 0 Å². The molecule has 1 heterocycles. The molecule has 1 N–H and O–H groups in total. The molecule has 2 nitrogen and oxygen atoms in total. The van der Waals surface area contributed by atoms with Crippen LogP contribution < -0.4 is 10.1 Å². The maximum absolute atomic E-state index is 6.09. The first kappa shape index (κ1) is 13.0. The van der Waals surface area contributed by atoms with Gasteiger partial charge in [-0.15, -0.1) is 0 Å². The predicted octanol–water partition coefficient (Wildman–Crippen LogP) is 4.25. The van der Waals surface area contributed by atoms with Crippen LogP contribution in [-0.4, -0.2) is 12.1 Å². The summed E-state index contributed by atoms with van der Waals surface area (Å²) in [6.07, 6.45) is 1.97. The van der Waals surface area contributed by atoms with E-state index in [1.165, 1.54) is 11.1 Å². The van der Waals surface area contributed by atoms with Crippen LogP contribution in [0, 0.1) is 0 Å². The van der Waals surface area contributed by atoms with Crippen LogP contribution in [0.2, 0.25) is 0 Å². The lowest BCUT2D eigenvalue weighted by molar-refractivity contribution is 0.108. The third kappa shape index (κ3) is 2.96. The molecule has 0 aliphatic carbocycles. The van der Waals surface area contributed by atoms with Gasteiger partial charge in [0.2, 0.25) is 0 Å². The van der Waals surface area contributed by atoms with Gasteiger partial charge in [-0.05, 0) is 43.5 Å². The minimum atomic E-state index is -0.0980. The number of hydrogen-bond donors (Lipinski definition) is 1. The molecular formula is C18H21NO. The van der Waals surface area contributed by atoms with Crippen LogP contribution >= 0.6 is 0 Å². The molecule has 104 valence electrons. The Morgan fingerprint density at radius 2 is 1.85 bits per heavy atom. The molecule has 0 atom stereocenters. The summed E-state index contributed by atoms with van der Waals surface area (Å²) in [5.74, 6) is 0.962. The molecule has 0 fully saturated rings. The lowest BCUT2D eigenvalue weighted by atomic mass is 10.0. The van der Waals surface area contributed by atoms with E-state index in [-0.39, 0.29) is 5.60 Å². The highest BCUT2D eigenvalue weighted by Crippen LogP contribution is 2.33. The second kappa shape index (κ2) is 5.20. The van der Waals surface area contributed by atoms with Gasteiger partial charge in [0.05, 0.1) is 5.69 Å². The van der Waals surface area contributed by atoms with Gasteiger partial charge in [0.15, 0.2) is 0 Å². The predicted molar refractivity (Wildman–Crippen MR) is 83.5 cm³/mol. The fourth-order valence-electron chi connectivity index (χ4n) is 2.59. The smallest absolute Gasteiger partial charge is 0.143 e. The largest absolute Gasteiger partial charge is 0.486 e. The standard InChI is InChI=1S/C18H21NO/c1-18(2)10-11-19-16-13-15(8-9-17(16)20-18)12-14-6-4-3-5-7-14/h3-9,13,19H,10-12H2,1-2H3. The van der Waals surface area contributed by atoms with E-state index < -0.39 is 0 Å². The first-order valence-electron chi connectivity index (χ1n) is 7.22. The summed E-state index contributed by atoms with van der Waals surface area (Å²) >= 11 is 0. The number of anilines is 1. The highest BCUT2D eigenvalue weighted by molar-refractivity contribution is 5.59. The quantitative estimate of drug-likeness (QED) is 0.878. The monoisotopic (exact) mass is 267 g/mol. The second-order valence-electron chi connectivity index (χ2n) is 6.03. The number of rotatable bonds is 2. The Morgan fingerprint density at radius 1 is 1.05 bits per heavy atom. The van der Waals surface area contributed by atoms with E-state index in [1.54, 1.807) is 0 Å². The zero-order valence-electron chi connectivity index (χ0n) is 12.1. The van der Waals surface area contributed by atoms with Crippen molar-refractivity contribution in [1.29, 1.82) is 0 Å². The van der Waals surface area contributed by atoms with Crippen molar-refractivity contribution in [3.8, 4) is 5.75 Å². The van der Waals surface area contributed by atoms with Crippen LogP contribution in [0.15, 0.2) is 48.5 Å². The number of benzene rings is 2. The van der Waals surface area contributed by atoms with Gasteiger partial charge in [0.1, 0.15) is 11.4 Å². The summed E-state index contributed by atoms with van der Waals surface area (Å²) in [7, 11) is 0. The fraction of sp³-hybridized carbons (Fsp3) is 0.333. The van der Waals surface area contributed by atoms with E-state index in [4.69, 9.17) is 4.74 Å². The Bertz CT molecular complexity index is 590. The molecule has 2 heteroatoms. The van der Waals surface area contributed by atoms with Gasteiger partial charge in [-0.1, -0.05) is 36.4 Å². The fourth-order valence-corrected chi connectivity index (χ4v) is 2.59. The maximum Gasteiger partial charge on any atom is 0.143 e. The summed E-state index contributed by atoms with van der Waals surface area (Å²) in [4.78, 5) is 0. The van der Waals surface area contributed by atoms with Gasteiger partial charge in [0, 0.05) is 13.0 Å². The topological polar surface area (TPSA) is 21.3 Å². The molecule has 0 bridgehead atoms. The zero-order chi connectivity index (χ0) is 14.0. The van der Waals surface area contributed by atoms with Gasteiger partial charge in [0.25, 0.3) is 0 Å². The van der Waals surface area contributed by atoms with Crippen molar-refractivity contribution in [3.63, 3.8) is 0 Å². The molecule has 20 heavy (non-hydrogen) atoms. The third-order valence-corrected chi connectivity index (χ3v) is 3.72. The molecule has 1 aliphatic rings. The number of hydrogen-bond acceptors (Lipinski definition) is 2. The molecule has 0 amide bonds. The lowest BCUT2D eigenvalue weighted by Gasteiger charge is -2.24. The Balaban J connectivity index is 1.84. The van der Waals surface area contributed by atoms with Crippen molar-refractivity contribution < 1.29 is 4.74 Å². The minimum Gasteiger partial charge on any atom is -0.486 e. The molecule has 0 spiro atoms.